The molecule has 0 spiro atoms. The first-order valence-electron chi connectivity index (χ1n) is 6.49. The Morgan fingerprint density at radius 3 is 2.78 bits per heavy atom. The van der Waals surface area contributed by atoms with E-state index < -0.39 is 0 Å². The van der Waals surface area contributed by atoms with Gasteiger partial charge in [-0.2, -0.15) is 0 Å². The summed E-state index contributed by atoms with van der Waals surface area (Å²) in [6, 6.07) is 6.94. The zero-order valence-electron chi connectivity index (χ0n) is 11.3. The molecule has 1 N–H and O–H groups in total. The van der Waals surface area contributed by atoms with Crippen LogP contribution in [0.25, 0.3) is 0 Å². The molecule has 1 aromatic carbocycles. The molecule has 2 rings (SSSR count). The van der Waals surface area contributed by atoms with Crippen LogP contribution in [-0.4, -0.2) is 20.1 Å². The lowest BCUT2D eigenvalue weighted by molar-refractivity contribution is 0.646. The summed E-state index contributed by atoms with van der Waals surface area (Å²) in [7, 11) is 2.01. The van der Waals surface area contributed by atoms with Crippen molar-refractivity contribution in [1.82, 2.24) is 5.32 Å². The number of rotatable bonds is 3. The quantitative estimate of drug-likeness (QED) is 0.852. The maximum atomic E-state index is 3.57. The van der Waals surface area contributed by atoms with Crippen molar-refractivity contribution < 1.29 is 0 Å². The van der Waals surface area contributed by atoms with Crippen molar-refractivity contribution in [2.24, 2.45) is 0 Å². The molecular weight excluding hydrogens is 288 g/mol. The molecule has 98 valence electrons. The Labute approximate surface area is 118 Å². The summed E-state index contributed by atoms with van der Waals surface area (Å²) >= 11 is 3.57. The van der Waals surface area contributed by atoms with Crippen LogP contribution in [0.4, 0.5) is 5.69 Å². The summed E-state index contributed by atoms with van der Waals surface area (Å²) in [4.78, 5) is 2.46. The largest absolute Gasteiger partial charge is 0.367 e. The summed E-state index contributed by atoms with van der Waals surface area (Å²) in [6.45, 7) is 6.57. The standard InChI is InChI=1S/C15H21BrN2/c1-11-6-8-18(9-7-11)15-5-4-13(16)10-14(15)12(2)17-3/h4-6,10,12,17H,7-9H2,1-3H3. The molecule has 3 heteroatoms. The van der Waals surface area contributed by atoms with Crippen molar-refractivity contribution in [1.29, 1.82) is 0 Å². The molecule has 0 amide bonds. The van der Waals surface area contributed by atoms with Crippen LogP contribution < -0.4 is 10.2 Å². The van der Waals surface area contributed by atoms with Crippen molar-refractivity contribution >= 4 is 21.6 Å². The van der Waals surface area contributed by atoms with Crippen molar-refractivity contribution in [3.63, 3.8) is 0 Å². The van der Waals surface area contributed by atoms with Gasteiger partial charge < -0.3 is 10.2 Å². The smallest absolute Gasteiger partial charge is 0.0418 e. The van der Waals surface area contributed by atoms with E-state index in [1.54, 1.807) is 0 Å². The maximum absolute atomic E-state index is 3.57. The Hall–Kier alpha value is -0.800. The highest BCUT2D eigenvalue weighted by Crippen LogP contribution is 2.31. The Balaban J connectivity index is 2.32. The Kier molecular flexibility index (Phi) is 4.46. The van der Waals surface area contributed by atoms with E-state index in [1.807, 2.05) is 7.05 Å². The summed E-state index contributed by atoms with van der Waals surface area (Å²) in [5.41, 5.74) is 4.22. The van der Waals surface area contributed by atoms with Gasteiger partial charge in [-0.15, -0.1) is 0 Å². The first kappa shape index (κ1) is 13.6. The number of halogens is 1. The summed E-state index contributed by atoms with van der Waals surface area (Å²) in [5.74, 6) is 0. The van der Waals surface area contributed by atoms with Crippen LogP contribution in [0, 0.1) is 0 Å². The fraction of sp³-hybridized carbons (Fsp3) is 0.467. The monoisotopic (exact) mass is 308 g/mol. The lowest BCUT2D eigenvalue weighted by atomic mass is 10.0. The van der Waals surface area contributed by atoms with Crippen LogP contribution in [-0.2, 0) is 0 Å². The van der Waals surface area contributed by atoms with Crippen LogP contribution in [0.5, 0.6) is 0 Å². The highest BCUT2D eigenvalue weighted by Gasteiger charge is 2.16. The second kappa shape index (κ2) is 5.89. The van der Waals surface area contributed by atoms with E-state index >= 15 is 0 Å². The minimum Gasteiger partial charge on any atom is -0.367 e. The van der Waals surface area contributed by atoms with Crippen LogP contribution in [0.15, 0.2) is 34.3 Å². The van der Waals surface area contributed by atoms with Gasteiger partial charge in [-0.25, -0.2) is 0 Å². The molecule has 0 radical (unpaired) electrons. The molecule has 0 aromatic heterocycles. The third-order valence-electron chi connectivity index (χ3n) is 3.67. The number of nitrogens with zero attached hydrogens (tertiary/aromatic N) is 1. The van der Waals surface area contributed by atoms with E-state index in [0.717, 1.165) is 17.6 Å². The molecule has 0 saturated heterocycles. The topological polar surface area (TPSA) is 15.3 Å². The molecule has 2 nitrogen and oxygen atoms in total. The minimum atomic E-state index is 0.365. The molecule has 1 aromatic rings. The van der Waals surface area contributed by atoms with E-state index in [0.29, 0.717) is 6.04 Å². The van der Waals surface area contributed by atoms with E-state index in [-0.39, 0.29) is 0 Å². The third-order valence-corrected chi connectivity index (χ3v) is 4.16. The fourth-order valence-corrected chi connectivity index (χ4v) is 2.68. The number of hydrogen-bond acceptors (Lipinski definition) is 2. The fourth-order valence-electron chi connectivity index (χ4n) is 2.31. The van der Waals surface area contributed by atoms with E-state index in [9.17, 15) is 0 Å². The normalized spacial score (nSPS) is 17.6. The number of hydrogen-bond donors (Lipinski definition) is 1. The van der Waals surface area contributed by atoms with E-state index in [2.05, 4.69) is 64.3 Å². The van der Waals surface area contributed by atoms with Crippen molar-refractivity contribution in [3.05, 3.63) is 39.9 Å². The van der Waals surface area contributed by atoms with Gasteiger partial charge in [0, 0.05) is 29.3 Å². The van der Waals surface area contributed by atoms with Gasteiger partial charge in [0.05, 0.1) is 0 Å². The van der Waals surface area contributed by atoms with E-state index in [1.165, 1.54) is 23.2 Å². The lowest BCUT2D eigenvalue weighted by Crippen LogP contribution is -2.30. The number of anilines is 1. The van der Waals surface area contributed by atoms with Gasteiger partial charge in [0.15, 0.2) is 0 Å². The second-order valence-corrected chi connectivity index (χ2v) is 5.88. The van der Waals surface area contributed by atoms with Gasteiger partial charge in [0.2, 0.25) is 0 Å². The van der Waals surface area contributed by atoms with Gasteiger partial charge in [-0.1, -0.05) is 27.6 Å². The molecule has 0 saturated carbocycles. The predicted octanol–water partition coefficient (Wildman–Crippen LogP) is 3.89. The van der Waals surface area contributed by atoms with Gasteiger partial charge in [-0.05, 0) is 51.1 Å². The summed E-state index contributed by atoms with van der Waals surface area (Å²) in [5, 5.41) is 3.33. The summed E-state index contributed by atoms with van der Waals surface area (Å²) in [6.07, 6.45) is 3.50. The number of benzene rings is 1. The average Bonchev–Trinajstić information content (AvgIpc) is 2.39. The molecule has 0 fully saturated rings. The van der Waals surface area contributed by atoms with Crippen LogP contribution in [0.2, 0.25) is 0 Å². The minimum absolute atomic E-state index is 0.365. The third kappa shape index (κ3) is 2.96. The molecular formula is C15H21BrN2. The molecule has 1 aliphatic heterocycles. The highest BCUT2D eigenvalue weighted by molar-refractivity contribution is 9.10. The maximum Gasteiger partial charge on any atom is 0.0418 e. The van der Waals surface area contributed by atoms with Gasteiger partial charge in [-0.3, -0.25) is 0 Å². The molecule has 0 bridgehead atoms. The number of nitrogens with one attached hydrogen (secondary N) is 1. The SMILES string of the molecule is CNC(C)c1cc(Br)ccc1N1CC=C(C)CC1. The summed E-state index contributed by atoms with van der Waals surface area (Å²) < 4.78 is 1.15. The van der Waals surface area contributed by atoms with Crippen molar-refractivity contribution in [2.45, 2.75) is 26.3 Å². The van der Waals surface area contributed by atoms with Crippen LogP contribution >= 0.6 is 15.9 Å². The van der Waals surface area contributed by atoms with Gasteiger partial charge in [0.25, 0.3) is 0 Å². The van der Waals surface area contributed by atoms with Crippen LogP contribution in [0.3, 0.4) is 0 Å². The second-order valence-electron chi connectivity index (χ2n) is 4.96. The first-order chi connectivity index (χ1) is 8.61. The average molecular weight is 309 g/mol. The zero-order valence-corrected chi connectivity index (χ0v) is 12.9. The molecule has 1 heterocycles. The molecule has 18 heavy (non-hydrogen) atoms. The first-order valence-corrected chi connectivity index (χ1v) is 7.28. The van der Waals surface area contributed by atoms with Crippen molar-refractivity contribution in [3.8, 4) is 0 Å². The van der Waals surface area contributed by atoms with Gasteiger partial charge in [0.1, 0.15) is 0 Å². The Morgan fingerprint density at radius 1 is 1.39 bits per heavy atom. The predicted molar refractivity (Wildman–Crippen MR) is 82.2 cm³/mol. The Morgan fingerprint density at radius 2 is 2.17 bits per heavy atom. The molecule has 0 aliphatic carbocycles. The molecule has 1 unspecified atom stereocenters. The highest BCUT2D eigenvalue weighted by atomic mass is 79.9. The van der Waals surface area contributed by atoms with Crippen LogP contribution in [0.1, 0.15) is 31.9 Å². The molecule has 1 atom stereocenters. The van der Waals surface area contributed by atoms with E-state index in [4.69, 9.17) is 0 Å². The molecule has 1 aliphatic rings. The Bertz CT molecular complexity index is 454. The lowest BCUT2D eigenvalue weighted by Gasteiger charge is -2.31. The zero-order chi connectivity index (χ0) is 13.1. The van der Waals surface area contributed by atoms with Gasteiger partial charge >= 0.3 is 0 Å². The van der Waals surface area contributed by atoms with Crippen molar-refractivity contribution in [2.75, 3.05) is 25.0 Å².